The predicted octanol–water partition coefficient (Wildman–Crippen LogP) is 2.22. The Morgan fingerprint density at radius 1 is 1.24 bits per heavy atom. The molecule has 0 amide bonds. The van der Waals surface area contributed by atoms with Crippen LogP contribution >= 0.6 is 0 Å². The number of nitrogens with one attached hydrogen (secondary N) is 2. The van der Waals surface area contributed by atoms with Crippen LogP contribution in [0.4, 0.5) is 5.69 Å². The first kappa shape index (κ1) is 16.1. The van der Waals surface area contributed by atoms with E-state index in [0.29, 0.717) is 18.2 Å². The van der Waals surface area contributed by atoms with Gasteiger partial charge < -0.3 is 10.1 Å². The molecule has 1 saturated heterocycles. The number of anilines is 1. The third-order valence-corrected chi connectivity index (χ3v) is 5.01. The molecule has 118 valence electrons. The SMILES string of the molecule is CCOc1ccc(NS(=O)(=O)CCC2CCNCC2)cc1. The quantitative estimate of drug-likeness (QED) is 0.810. The number of hydrogen-bond acceptors (Lipinski definition) is 4. The van der Waals surface area contributed by atoms with Gasteiger partial charge in [-0.15, -0.1) is 0 Å². The van der Waals surface area contributed by atoms with Crippen LogP contribution in [0.15, 0.2) is 24.3 Å². The highest BCUT2D eigenvalue weighted by atomic mass is 32.2. The molecule has 1 aliphatic rings. The summed E-state index contributed by atoms with van der Waals surface area (Å²) in [4.78, 5) is 0. The number of sulfonamides is 1. The summed E-state index contributed by atoms with van der Waals surface area (Å²) < 4.78 is 32.2. The molecule has 1 fully saturated rings. The Morgan fingerprint density at radius 2 is 1.90 bits per heavy atom. The van der Waals surface area contributed by atoms with Gasteiger partial charge >= 0.3 is 0 Å². The third kappa shape index (κ3) is 5.55. The molecule has 0 aromatic heterocycles. The second-order valence-electron chi connectivity index (χ2n) is 5.36. The van der Waals surface area contributed by atoms with E-state index in [1.807, 2.05) is 6.92 Å². The van der Waals surface area contributed by atoms with E-state index in [2.05, 4.69) is 10.0 Å². The predicted molar refractivity (Wildman–Crippen MR) is 85.2 cm³/mol. The van der Waals surface area contributed by atoms with Crippen LogP contribution in [-0.4, -0.2) is 33.9 Å². The zero-order valence-corrected chi connectivity index (χ0v) is 13.3. The van der Waals surface area contributed by atoms with Crippen molar-refractivity contribution in [1.82, 2.24) is 5.32 Å². The second kappa shape index (κ2) is 7.66. The van der Waals surface area contributed by atoms with Gasteiger partial charge in [0.15, 0.2) is 0 Å². The Bertz CT molecular complexity index is 522. The molecule has 0 atom stereocenters. The summed E-state index contributed by atoms with van der Waals surface area (Å²) in [5.74, 6) is 1.45. The second-order valence-corrected chi connectivity index (χ2v) is 7.20. The van der Waals surface area contributed by atoms with Gasteiger partial charge in [0, 0.05) is 5.69 Å². The van der Waals surface area contributed by atoms with Crippen LogP contribution in [0.5, 0.6) is 5.75 Å². The topological polar surface area (TPSA) is 67.4 Å². The van der Waals surface area contributed by atoms with E-state index in [-0.39, 0.29) is 5.75 Å². The van der Waals surface area contributed by atoms with E-state index in [4.69, 9.17) is 4.74 Å². The molecule has 0 aliphatic carbocycles. The van der Waals surface area contributed by atoms with Crippen LogP contribution in [-0.2, 0) is 10.0 Å². The summed E-state index contributed by atoms with van der Waals surface area (Å²) in [6.07, 6.45) is 2.87. The van der Waals surface area contributed by atoms with Crippen LogP contribution in [0.3, 0.4) is 0 Å². The molecule has 1 heterocycles. The minimum atomic E-state index is -3.27. The Kier molecular flexibility index (Phi) is 5.87. The van der Waals surface area contributed by atoms with Crippen molar-refractivity contribution in [3.05, 3.63) is 24.3 Å². The number of piperidine rings is 1. The van der Waals surface area contributed by atoms with E-state index in [9.17, 15) is 8.42 Å². The molecule has 21 heavy (non-hydrogen) atoms. The molecule has 0 unspecified atom stereocenters. The fraction of sp³-hybridized carbons (Fsp3) is 0.600. The van der Waals surface area contributed by atoms with Gasteiger partial charge in [-0.3, -0.25) is 4.72 Å². The average Bonchev–Trinajstić information content (AvgIpc) is 2.48. The lowest BCUT2D eigenvalue weighted by Crippen LogP contribution is -2.29. The molecule has 1 aromatic rings. The normalized spacial score (nSPS) is 16.6. The first-order valence-corrected chi connectivity index (χ1v) is 9.18. The zero-order chi connectivity index (χ0) is 15.1. The van der Waals surface area contributed by atoms with Crippen molar-refractivity contribution < 1.29 is 13.2 Å². The maximum Gasteiger partial charge on any atom is 0.232 e. The molecular formula is C15H24N2O3S. The molecule has 2 N–H and O–H groups in total. The van der Waals surface area contributed by atoms with E-state index >= 15 is 0 Å². The zero-order valence-electron chi connectivity index (χ0n) is 12.5. The van der Waals surface area contributed by atoms with Gasteiger partial charge in [-0.25, -0.2) is 8.42 Å². The van der Waals surface area contributed by atoms with E-state index in [1.165, 1.54) is 0 Å². The lowest BCUT2D eigenvalue weighted by Gasteiger charge is -2.22. The van der Waals surface area contributed by atoms with E-state index < -0.39 is 10.0 Å². The number of ether oxygens (including phenoxy) is 1. The Morgan fingerprint density at radius 3 is 2.52 bits per heavy atom. The summed E-state index contributed by atoms with van der Waals surface area (Å²) >= 11 is 0. The highest BCUT2D eigenvalue weighted by Gasteiger charge is 2.17. The van der Waals surface area contributed by atoms with Crippen LogP contribution in [0, 0.1) is 5.92 Å². The molecule has 6 heteroatoms. The first-order chi connectivity index (χ1) is 10.1. The monoisotopic (exact) mass is 312 g/mol. The lowest BCUT2D eigenvalue weighted by molar-refractivity contribution is 0.340. The van der Waals surface area contributed by atoms with Crippen molar-refractivity contribution in [2.45, 2.75) is 26.2 Å². The molecule has 0 radical (unpaired) electrons. The molecule has 0 bridgehead atoms. The summed E-state index contributed by atoms with van der Waals surface area (Å²) in [5.41, 5.74) is 0.587. The van der Waals surface area contributed by atoms with Gasteiger partial charge in [-0.1, -0.05) is 0 Å². The lowest BCUT2D eigenvalue weighted by atomic mass is 9.96. The smallest absolute Gasteiger partial charge is 0.232 e. The Labute approximate surface area is 127 Å². The number of rotatable bonds is 7. The molecule has 1 aromatic carbocycles. The van der Waals surface area contributed by atoms with Crippen molar-refractivity contribution in [3.63, 3.8) is 0 Å². The van der Waals surface area contributed by atoms with Crippen molar-refractivity contribution in [2.75, 3.05) is 30.2 Å². The van der Waals surface area contributed by atoms with E-state index in [1.54, 1.807) is 24.3 Å². The highest BCUT2D eigenvalue weighted by molar-refractivity contribution is 7.92. The third-order valence-electron chi connectivity index (χ3n) is 3.69. The van der Waals surface area contributed by atoms with Crippen molar-refractivity contribution in [2.24, 2.45) is 5.92 Å². The molecular weight excluding hydrogens is 288 g/mol. The largest absolute Gasteiger partial charge is 0.494 e. The Hall–Kier alpha value is -1.27. The molecule has 2 rings (SSSR count). The van der Waals surface area contributed by atoms with Crippen LogP contribution in [0.25, 0.3) is 0 Å². The summed E-state index contributed by atoms with van der Waals surface area (Å²) in [7, 11) is -3.27. The number of hydrogen-bond donors (Lipinski definition) is 2. The average molecular weight is 312 g/mol. The summed E-state index contributed by atoms with van der Waals surface area (Å²) in [6.45, 7) is 4.51. The minimum Gasteiger partial charge on any atom is -0.494 e. The highest BCUT2D eigenvalue weighted by Crippen LogP contribution is 2.19. The first-order valence-electron chi connectivity index (χ1n) is 7.53. The maximum absolute atomic E-state index is 12.1. The molecule has 1 aliphatic heterocycles. The molecule has 5 nitrogen and oxygen atoms in total. The fourth-order valence-electron chi connectivity index (χ4n) is 2.51. The van der Waals surface area contributed by atoms with Crippen molar-refractivity contribution in [1.29, 1.82) is 0 Å². The van der Waals surface area contributed by atoms with Gasteiger partial charge in [-0.05, 0) is 69.5 Å². The fourth-order valence-corrected chi connectivity index (χ4v) is 3.75. The molecule has 0 saturated carbocycles. The maximum atomic E-state index is 12.1. The van der Waals surface area contributed by atoms with E-state index in [0.717, 1.165) is 38.1 Å². The molecule has 0 spiro atoms. The van der Waals surface area contributed by atoms with Crippen LogP contribution in [0.2, 0.25) is 0 Å². The van der Waals surface area contributed by atoms with Gasteiger partial charge in [0.05, 0.1) is 12.4 Å². The van der Waals surface area contributed by atoms with Crippen molar-refractivity contribution >= 4 is 15.7 Å². The van der Waals surface area contributed by atoms with Crippen LogP contribution in [0.1, 0.15) is 26.2 Å². The summed E-state index contributed by atoms with van der Waals surface area (Å²) in [5, 5.41) is 3.29. The standard InChI is InChI=1S/C15H24N2O3S/c1-2-20-15-5-3-14(4-6-15)17-21(18,19)12-9-13-7-10-16-11-8-13/h3-6,13,16-17H,2,7-12H2,1H3. The van der Waals surface area contributed by atoms with Gasteiger partial charge in [0.1, 0.15) is 5.75 Å². The van der Waals surface area contributed by atoms with Crippen LogP contribution < -0.4 is 14.8 Å². The minimum absolute atomic E-state index is 0.185. The van der Waals surface area contributed by atoms with Crippen molar-refractivity contribution in [3.8, 4) is 5.75 Å². The van der Waals surface area contributed by atoms with Gasteiger partial charge in [-0.2, -0.15) is 0 Å². The van der Waals surface area contributed by atoms with Gasteiger partial charge in [0.25, 0.3) is 0 Å². The number of benzene rings is 1. The summed E-state index contributed by atoms with van der Waals surface area (Å²) in [6, 6.07) is 7.00. The van der Waals surface area contributed by atoms with Gasteiger partial charge in [0.2, 0.25) is 10.0 Å². The Balaban J connectivity index is 1.84.